The Morgan fingerprint density at radius 3 is 1.81 bits per heavy atom. The van der Waals surface area contributed by atoms with Gasteiger partial charge in [0.25, 0.3) is 0 Å². The Labute approximate surface area is 191 Å². The van der Waals surface area contributed by atoms with Crippen LogP contribution in [0.2, 0.25) is 0 Å². The van der Waals surface area contributed by atoms with Crippen molar-refractivity contribution in [1.29, 1.82) is 0 Å². The van der Waals surface area contributed by atoms with Gasteiger partial charge in [0.05, 0.1) is 13.2 Å². The summed E-state index contributed by atoms with van der Waals surface area (Å²) in [4.78, 5) is 0. The van der Waals surface area contributed by atoms with Crippen molar-refractivity contribution < 1.29 is 24.8 Å². The smallest absolute Gasteiger partial charge is 0.114 e. The molecule has 0 bridgehead atoms. The summed E-state index contributed by atoms with van der Waals surface area (Å²) in [5.41, 5.74) is 0. The number of hydrogen-bond donors (Lipinski definition) is 3. The second kappa shape index (κ2) is 20.2. The summed E-state index contributed by atoms with van der Waals surface area (Å²) in [6, 6.07) is 0. The Morgan fingerprint density at radius 1 is 0.839 bits per heavy atom. The van der Waals surface area contributed by atoms with Crippen molar-refractivity contribution in [2.75, 3.05) is 19.8 Å². The van der Waals surface area contributed by atoms with E-state index in [2.05, 4.69) is 19.1 Å². The largest absolute Gasteiger partial charge is 0.394 e. The SMILES string of the molecule is C/C=C/CCCCCCCCCCCCCCCCCO[C@@H]1CO[C@H]([C@@H](O)CO)[C@@H]1O. The first-order valence-electron chi connectivity index (χ1n) is 13.0. The molecule has 0 aromatic carbocycles. The van der Waals surface area contributed by atoms with Gasteiger partial charge in [-0.3, -0.25) is 0 Å². The summed E-state index contributed by atoms with van der Waals surface area (Å²) >= 11 is 0. The van der Waals surface area contributed by atoms with E-state index in [9.17, 15) is 10.2 Å². The molecule has 31 heavy (non-hydrogen) atoms. The van der Waals surface area contributed by atoms with Crippen LogP contribution in [0.3, 0.4) is 0 Å². The maximum Gasteiger partial charge on any atom is 0.114 e. The minimum atomic E-state index is -1.05. The van der Waals surface area contributed by atoms with Gasteiger partial charge in [0.1, 0.15) is 24.4 Å². The number of ether oxygens (including phenoxy) is 2. The third kappa shape index (κ3) is 14.3. The van der Waals surface area contributed by atoms with Crippen LogP contribution in [-0.2, 0) is 9.47 Å². The summed E-state index contributed by atoms with van der Waals surface area (Å²) in [5, 5.41) is 28.6. The van der Waals surface area contributed by atoms with Crippen molar-refractivity contribution in [2.24, 2.45) is 0 Å². The van der Waals surface area contributed by atoms with Gasteiger partial charge in [-0.2, -0.15) is 0 Å². The lowest BCUT2D eigenvalue weighted by molar-refractivity contribution is -0.0730. The summed E-state index contributed by atoms with van der Waals surface area (Å²) in [5.74, 6) is 0. The number of unbranched alkanes of at least 4 members (excludes halogenated alkanes) is 15. The molecule has 5 nitrogen and oxygen atoms in total. The molecule has 1 fully saturated rings. The molecule has 1 aliphatic heterocycles. The molecule has 0 aromatic rings. The minimum absolute atomic E-state index is 0.278. The monoisotopic (exact) mass is 442 g/mol. The Hall–Kier alpha value is -0.460. The average molecular weight is 443 g/mol. The molecule has 3 N–H and O–H groups in total. The van der Waals surface area contributed by atoms with E-state index < -0.39 is 31.0 Å². The lowest BCUT2D eigenvalue weighted by Crippen LogP contribution is -2.41. The molecule has 0 saturated carbocycles. The Morgan fingerprint density at radius 2 is 1.32 bits per heavy atom. The molecule has 0 unspecified atom stereocenters. The van der Waals surface area contributed by atoms with Crippen LogP contribution in [0.5, 0.6) is 0 Å². The van der Waals surface area contributed by atoms with E-state index in [0.717, 1.165) is 12.8 Å². The molecule has 1 rings (SSSR count). The topological polar surface area (TPSA) is 79.2 Å². The summed E-state index contributed by atoms with van der Waals surface area (Å²) < 4.78 is 11.0. The van der Waals surface area contributed by atoms with Crippen LogP contribution in [0.1, 0.15) is 110 Å². The molecule has 4 atom stereocenters. The highest BCUT2D eigenvalue weighted by molar-refractivity contribution is 4.88. The van der Waals surface area contributed by atoms with Gasteiger partial charge in [-0.05, 0) is 26.2 Å². The van der Waals surface area contributed by atoms with Gasteiger partial charge >= 0.3 is 0 Å². The number of aliphatic hydroxyl groups is 3. The van der Waals surface area contributed by atoms with Crippen LogP contribution < -0.4 is 0 Å². The van der Waals surface area contributed by atoms with E-state index >= 15 is 0 Å². The molecule has 0 aliphatic carbocycles. The normalized spacial score (nSPS) is 22.5. The molecular weight excluding hydrogens is 392 g/mol. The number of aliphatic hydroxyl groups excluding tert-OH is 3. The third-order valence-corrected chi connectivity index (χ3v) is 6.32. The zero-order chi connectivity index (χ0) is 22.6. The fourth-order valence-corrected chi connectivity index (χ4v) is 4.27. The van der Waals surface area contributed by atoms with Gasteiger partial charge in [0.2, 0.25) is 0 Å². The van der Waals surface area contributed by atoms with E-state index in [1.54, 1.807) is 0 Å². The van der Waals surface area contributed by atoms with Crippen LogP contribution in [0, 0.1) is 0 Å². The van der Waals surface area contributed by atoms with Crippen molar-refractivity contribution in [3.05, 3.63) is 12.2 Å². The predicted octanol–water partition coefficient (Wildman–Crippen LogP) is 5.30. The Kier molecular flexibility index (Phi) is 18.6. The zero-order valence-corrected chi connectivity index (χ0v) is 20.1. The van der Waals surface area contributed by atoms with Gasteiger partial charge in [0.15, 0.2) is 0 Å². The van der Waals surface area contributed by atoms with Crippen LogP contribution >= 0.6 is 0 Å². The highest BCUT2D eigenvalue weighted by Gasteiger charge is 2.40. The van der Waals surface area contributed by atoms with Crippen LogP contribution in [0.4, 0.5) is 0 Å². The summed E-state index contributed by atoms with van der Waals surface area (Å²) in [6.07, 6.45) is 22.6. The van der Waals surface area contributed by atoms with Crippen molar-refractivity contribution in [2.45, 2.75) is 134 Å². The molecule has 5 heteroatoms. The number of allylic oxidation sites excluding steroid dienone is 2. The van der Waals surface area contributed by atoms with Crippen molar-refractivity contribution in [3.8, 4) is 0 Å². The summed E-state index contributed by atoms with van der Waals surface area (Å²) in [6.45, 7) is 2.58. The first-order valence-corrected chi connectivity index (χ1v) is 13.0. The van der Waals surface area contributed by atoms with E-state index in [4.69, 9.17) is 14.6 Å². The Bertz CT molecular complexity index is 415. The van der Waals surface area contributed by atoms with Gasteiger partial charge < -0.3 is 24.8 Å². The molecule has 0 spiro atoms. The second-order valence-electron chi connectivity index (χ2n) is 9.11. The number of rotatable bonds is 21. The average Bonchev–Trinajstić information content (AvgIpc) is 3.15. The Balaban J connectivity index is 1.77. The quantitative estimate of drug-likeness (QED) is 0.166. The molecule has 1 heterocycles. The standard InChI is InChI=1S/C26H50O5/c1-2-3-4-5-6-7-8-9-10-11-12-13-14-15-16-17-18-19-20-30-24-22-31-26(25(24)29)23(28)21-27/h2-3,23-29H,4-22H2,1H3/b3-2+/t23-,24+,25+,26+/m0/s1. The van der Waals surface area contributed by atoms with E-state index in [-0.39, 0.29) is 6.61 Å². The van der Waals surface area contributed by atoms with E-state index in [0.29, 0.717) is 6.61 Å². The maximum atomic E-state index is 10.1. The minimum Gasteiger partial charge on any atom is -0.394 e. The van der Waals surface area contributed by atoms with E-state index in [1.807, 2.05) is 0 Å². The molecule has 1 aliphatic rings. The van der Waals surface area contributed by atoms with Crippen LogP contribution in [0.25, 0.3) is 0 Å². The zero-order valence-electron chi connectivity index (χ0n) is 20.1. The lowest BCUT2D eigenvalue weighted by Gasteiger charge is -2.20. The van der Waals surface area contributed by atoms with Crippen molar-refractivity contribution in [1.82, 2.24) is 0 Å². The van der Waals surface area contributed by atoms with Gasteiger partial charge in [-0.1, -0.05) is 95.6 Å². The van der Waals surface area contributed by atoms with Gasteiger partial charge in [-0.15, -0.1) is 0 Å². The summed E-state index contributed by atoms with van der Waals surface area (Å²) in [7, 11) is 0. The molecular formula is C26H50O5. The lowest BCUT2D eigenvalue weighted by atomic mass is 10.0. The molecule has 0 aromatic heterocycles. The van der Waals surface area contributed by atoms with Gasteiger partial charge in [-0.25, -0.2) is 0 Å². The fourth-order valence-electron chi connectivity index (χ4n) is 4.27. The number of hydrogen-bond acceptors (Lipinski definition) is 5. The van der Waals surface area contributed by atoms with E-state index in [1.165, 1.54) is 89.9 Å². The first kappa shape index (κ1) is 28.6. The molecule has 184 valence electrons. The highest BCUT2D eigenvalue weighted by Crippen LogP contribution is 2.21. The molecule has 0 radical (unpaired) electrons. The van der Waals surface area contributed by atoms with Crippen LogP contribution in [-0.4, -0.2) is 59.6 Å². The maximum absolute atomic E-state index is 10.1. The highest BCUT2D eigenvalue weighted by atomic mass is 16.6. The molecule has 0 amide bonds. The first-order chi connectivity index (χ1) is 15.2. The fraction of sp³-hybridized carbons (Fsp3) is 0.923. The van der Waals surface area contributed by atoms with Crippen molar-refractivity contribution >= 4 is 0 Å². The third-order valence-electron chi connectivity index (χ3n) is 6.32. The molecule has 1 saturated heterocycles. The van der Waals surface area contributed by atoms with Crippen LogP contribution in [0.15, 0.2) is 12.2 Å². The predicted molar refractivity (Wildman–Crippen MR) is 127 cm³/mol. The second-order valence-corrected chi connectivity index (χ2v) is 9.11. The van der Waals surface area contributed by atoms with Crippen molar-refractivity contribution in [3.63, 3.8) is 0 Å². The van der Waals surface area contributed by atoms with Gasteiger partial charge in [0, 0.05) is 6.61 Å².